The van der Waals surface area contributed by atoms with Gasteiger partial charge >= 0.3 is 0 Å². The molecule has 6 heteroatoms. The van der Waals surface area contributed by atoms with Crippen LogP contribution in [-0.4, -0.2) is 4.98 Å². The Bertz CT molecular complexity index is 320. The highest BCUT2D eigenvalue weighted by Gasteiger charge is 2.13. The minimum atomic E-state index is -2.57. The lowest BCUT2D eigenvalue weighted by Gasteiger charge is -2.06. The lowest BCUT2D eigenvalue weighted by molar-refractivity contribution is 0.146. The monoisotopic (exact) mass is 362 g/mol. The number of anilines is 1. The lowest BCUT2D eigenvalue weighted by atomic mass is 10.3. The fraction of sp³-hybridized carbons (Fsp3) is 0.286. The van der Waals surface area contributed by atoms with Crippen molar-refractivity contribution < 1.29 is 8.78 Å². The molecular formula is C7H6BrF2IN2. The number of nitrogens with zero attached hydrogens (tertiary/aromatic N) is 1. The van der Waals surface area contributed by atoms with Crippen molar-refractivity contribution in [1.29, 1.82) is 0 Å². The lowest BCUT2D eigenvalue weighted by Crippen LogP contribution is -2.02. The van der Waals surface area contributed by atoms with Gasteiger partial charge in [-0.3, -0.25) is 0 Å². The van der Waals surface area contributed by atoms with E-state index in [2.05, 4.69) is 20.9 Å². The molecule has 0 radical (unpaired) electrons. The van der Waals surface area contributed by atoms with Gasteiger partial charge in [-0.15, -0.1) is 0 Å². The Balaban J connectivity index is 3.22. The van der Waals surface area contributed by atoms with Crippen LogP contribution in [0.2, 0.25) is 0 Å². The molecule has 0 aliphatic heterocycles. The average molecular weight is 363 g/mol. The minimum Gasteiger partial charge on any atom is -0.398 e. The van der Waals surface area contributed by atoms with E-state index in [1.807, 2.05) is 22.6 Å². The van der Waals surface area contributed by atoms with E-state index in [0.717, 1.165) is 3.57 Å². The number of alkyl halides is 3. The van der Waals surface area contributed by atoms with Crippen LogP contribution in [0.3, 0.4) is 0 Å². The van der Waals surface area contributed by atoms with Crippen LogP contribution in [0, 0.1) is 3.57 Å². The van der Waals surface area contributed by atoms with Crippen LogP contribution in [0.1, 0.15) is 17.8 Å². The van der Waals surface area contributed by atoms with Gasteiger partial charge in [0.05, 0.1) is 9.26 Å². The number of nitrogen functional groups attached to an aromatic ring is 1. The molecule has 1 aromatic rings. The second kappa shape index (κ2) is 4.50. The smallest absolute Gasteiger partial charge is 0.280 e. The first-order valence-corrected chi connectivity index (χ1v) is 5.55. The predicted octanol–water partition coefficient (Wildman–Crippen LogP) is 3.10. The van der Waals surface area contributed by atoms with E-state index in [9.17, 15) is 8.78 Å². The summed E-state index contributed by atoms with van der Waals surface area (Å²) in [4.78, 5) is 3.77. The topological polar surface area (TPSA) is 38.9 Å². The second-order valence-corrected chi connectivity index (χ2v) is 3.97. The zero-order chi connectivity index (χ0) is 10.0. The van der Waals surface area contributed by atoms with E-state index < -0.39 is 6.43 Å². The number of hydrogen-bond acceptors (Lipinski definition) is 2. The van der Waals surface area contributed by atoms with Gasteiger partial charge in [0.1, 0.15) is 5.69 Å². The minimum absolute atomic E-state index is 0.271. The molecule has 0 fully saturated rings. The fourth-order valence-corrected chi connectivity index (χ4v) is 2.22. The Morgan fingerprint density at radius 1 is 1.62 bits per heavy atom. The third-order valence-corrected chi connectivity index (χ3v) is 3.20. The number of nitrogens with two attached hydrogens (primary N) is 1. The number of aromatic nitrogens is 1. The van der Waals surface area contributed by atoms with Crippen molar-refractivity contribution in [2.24, 2.45) is 0 Å². The molecule has 0 saturated heterocycles. The molecule has 1 aromatic heterocycles. The average Bonchev–Trinajstić information content (AvgIpc) is 2.09. The van der Waals surface area contributed by atoms with Crippen molar-refractivity contribution in [2.45, 2.75) is 11.8 Å². The normalized spacial score (nSPS) is 10.8. The van der Waals surface area contributed by atoms with E-state index >= 15 is 0 Å². The Kier molecular flexibility index (Phi) is 3.84. The van der Waals surface area contributed by atoms with E-state index in [1.165, 1.54) is 6.07 Å². The third-order valence-electron chi connectivity index (χ3n) is 1.42. The molecule has 0 aliphatic rings. The number of hydrogen-bond donors (Lipinski definition) is 1. The molecule has 72 valence electrons. The zero-order valence-corrected chi connectivity index (χ0v) is 10.1. The van der Waals surface area contributed by atoms with Crippen LogP contribution in [-0.2, 0) is 5.33 Å². The van der Waals surface area contributed by atoms with Crippen LogP contribution in [0.15, 0.2) is 6.07 Å². The number of rotatable bonds is 2. The maximum Gasteiger partial charge on any atom is 0.280 e. The third kappa shape index (κ3) is 2.49. The van der Waals surface area contributed by atoms with Gasteiger partial charge in [-0.05, 0) is 28.7 Å². The summed E-state index contributed by atoms with van der Waals surface area (Å²) in [6, 6.07) is 1.21. The van der Waals surface area contributed by atoms with Crippen LogP contribution in [0.5, 0.6) is 0 Å². The molecule has 0 unspecified atom stereocenters. The van der Waals surface area contributed by atoms with Gasteiger partial charge in [0.15, 0.2) is 0 Å². The fourth-order valence-electron chi connectivity index (χ4n) is 0.827. The largest absolute Gasteiger partial charge is 0.398 e. The predicted molar refractivity (Wildman–Crippen MR) is 59.0 cm³/mol. The summed E-state index contributed by atoms with van der Waals surface area (Å²) in [6.07, 6.45) is -2.57. The standard InChI is InChI=1S/C7H6BrF2IN2/c8-2-5-6(11)3(12)1-4(13-5)7(9)10/h1,7H,2H2,(H2,12,13). The summed E-state index contributed by atoms with van der Waals surface area (Å²) < 4.78 is 25.2. The Morgan fingerprint density at radius 3 is 2.69 bits per heavy atom. The van der Waals surface area contributed by atoms with Crippen molar-refractivity contribution in [3.8, 4) is 0 Å². The van der Waals surface area contributed by atoms with Crippen molar-refractivity contribution in [2.75, 3.05) is 5.73 Å². The van der Waals surface area contributed by atoms with E-state index in [-0.39, 0.29) is 5.69 Å². The molecule has 2 N–H and O–H groups in total. The van der Waals surface area contributed by atoms with Gasteiger partial charge in [0.25, 0.3) is 6.43 Å². The first-order chi connectivity index (χ1) is 6.06. The molecule has 0 aliphatic carbocycles. The Hall–Kier alpha value is 0.0200. The SMILES string of the molecule is Nc1cc(C(F)F)nc(CBr)c1I. The Morgan fingerprint density at radius 2 is 2.23 bits per heavy atom. The number of pyridine rings is 1. The molecule has 1 heterocycles. The summed E-state index contributed by atoms with van der Waals surface area (Å²) in [5.74, 6) is 0. The van der Waals surface area contributed by atoms with Gasteiger partial charge < -0.3 is 5.73 Å². The highest BCUT2D eigenvalue weighted by Crippen LogP contribution is 2.25. The van der Waals surface area contributed by atoms with Crippen LogP contribution in [0.25, 0.3) is 0 Å². The molecule has 1 rings (SSSR count). The molecule has 0 saturated carbocycles. The highest BCUT2D eigenvalue weighted by molar-refractivity contribution is 14.1. The van der Waals surface area contributed by atoms with Gasteiger partial charge in [0, 0.05) is 11.0 Å². The van der Waals surface area contributed by atoms with Gasteiger partial charge in [-0.1, -0.05) is 15.9 Å². The quantitative estimate of drug-likeness (QED) is 0.648. The van der Waals surface area contributed by atoms with Crippen molar-refractivity contribution in [1.82, 2.24) is 4.98 Å². The molecule has 0 bridgehead atoms. The van der Waals surface area contributed by atoms with Crippen molar-refractivity contribution in [3.05, 3.63) is 21.0 Å². The van der Waals surface area contributed by atoms with Crippen molar-refractivity contribution >= 4 is 44.2 Å². The van der Waals surface area contributed by atoms with Crippen LogP contribution in [0.4, 0.5) is 14.5 Å². The van der Waals surface area contributed by atoms with Crippen LogP contribution < -0.4 is 5.73 Å². The summed E-state index contributed by atoms with van der Waals surface area (Å²) in [6.45, 7) is 0. The summed E-state index contributed by atoms with van der Waals surface area (Å²) in [7, 11) is 0. The summed E-state index contributed by atoms with van der Waals surface area (Å²) in [5.41, 5.74) is 6.16. The number of halogens is 4. The molecule has 2 nitrogen and oxygen atoms in total. The van der Waals surface area contributed by atoms with E-state index in [0.29, 0.717) is 16.7 Å². The molecular weight excluding hydrogens is 357 g/mol. The van der Waals surface area contributed by atoms with Gasteiger partial charge in [0.2, 0.25) is 0 Å². The molecule has 0 atom stereocenters. The van der Waals surface area contributed by atoms with Gasteiger partial charge in [-0.25, -0.2) is 13.8 Å². The first kappa shape index (κ1) is 11.1. The first-order valence-electron chi connectivity index (χ1n) is 3.35. The Labute approximate surface area is 96.2 Å². The van der Waals surface area contributed by atoms with Crippen LogP contribution >= 0.6 is 38.5 Å². The maximum atomic E-state index is 12.3. The molecule has 0 aromatic carbocycles. The maximum absolute atomic E-state index is 12.3. The second-order valence-electron chi connectivity index (χ2n) is 2.33. The highest BCUT2D eigenvalue weighted by atomic mass is 127. The van der Waals surface area contributed by atoms with Crippen molar-refractivity contribution in [3.63, 3.8) is 0 Å². The molecule has 0 amide bonds. The van der Waals surface area contributed by atoms with E-state index in [4.69, 9.17) is 5.73 Å². The van der Waals surface area contributed by atoms with E-state index in [1.54, 1.807) is 0 Å². The molecule has 0 spiro atoms. The summed E-state index contributed by atoms with van der Waals surface area (Å²) >= 11 is 5.14. The molecule has 13 heavy (non-hydrogen) atoms. The zero-order valence-electron chi connectivity index (χ0n) is 6.40. The van der Waals surface area contributed by atoms with Gasteiger partial charge in [-0.2, -0.15) is 0 Å². The summed E-state index contributed by atoms with van der Waals surface area (Å²) in [5, 5.41) is 0.427.